The molecule has 1 saturated carbocycles. The number of amides is 1. The lowest BCUT2D eigenvalue weighted by Crippen LogP contribution is -2.28. The highest BCUT2D eigenvalue weighted by Gasteiger charge is 2.30. The summed E-state index contributed by atoms with van der Waals surface area (Å²) in [5, 5.41) is 2.92. The lowest BCUT2D eigenvalue weighted by atomic mass is 10.1. The molecule has 1 fully saturated rings. The van der Waals surface area contributed by atoms with Crippen molar-refractivity contribution in [2.45, 2.75) is 43.0 Å². The van der Waals surface area contributed by atoms with Crippen LogP contribution in [0.1, 0.15) is 41.6 Å². The van der Waals surface area contributed by atoms with Gasteiger partial charge in [-0.15, -0.1) is 0 Å². The molecule has 0 aromatic heterocycles. The first kappa shape index (κ1) is 21.1. The van der Waals surface area contributed by atoms with Crippen LogP contribution < -0.4 is 10.0 Å². The van der Waals surface area contributed by atoms with E-state index < -0.39 is 15.9 Å². The van der Waals surface area contributed by atoms with Crippen molar-refractivity contribution in [2.24, 2.45) is 0 Å². The van der Waals surface area contributed by atoms with Gasteiger partial charge >= 0.3 is 0 Å². The molecule has 0 aliphatic heterocycles. The van der Waals surface area contributed by atoms with Crippen LogP contribution in [0.15, 0.2) is 47.4 Å². The third kappa shape index (κ3) is 5.70. The van der Waals surface area contributed by atoms with E-state index in [1.165, 1.54) is 17.7 Å². The van der Waals surface area contributed by atoms with E-state index in [9.17, 15) is 13.2 Å². The highest BCUT2D eigenvalue weighted by Crippen LogP contribution is 2.30. The maximum atomic E-state index is 12.5. The predicted octanol–water partition coefficient (Wildman–Crippen LogP) is 4.19. The van der Waals surface area contributed by atoms with Crippen LogP contribution >= 0.6 is 23.2 Å². The van der Waals surface area contributed by atoms with Gasteiger partial charge in [-0.3, -0.25) is 4.79 Å². The van der Waals surface area contributed by atoms with Crippen LogP contribution in [0, 0.1) is 0 Å². The Hall–Kier alpha value is -1.60. The minimum atomic E-state index is -3.78. The number of rotatable bonds is 9. The zero-order valence-electron chi connectivity index (χ0n) is 15.3. The van der Waals surface area contributed by atoms with E-state index in [1.54, 1.807) is 0 Å². The minimum Gasteiger partial charge on any atom is -0.352 e. The summed E-state index contributed by atoms with van der Waals surface area (Å²) in [6, 6.07) is 12.6. The molecule has 0 atom stereocenters. The summed E-state index contributed by atoms with van der Waals surface area (Å²) in [5.74, 6) is -0.413. The van der Waals surface area contributed by atoms with Crippen LogP contribution in [-0.2, 0) is 16.4 Å². The minimum absolute atomic E-state index is 0.00226. The van der Waals surface area contributed by atoms with E-state index in [2.05, 4.69) is 22.2 Å². The van der Waals surface area contributed by atoms with Crippen molar-refractivity contribution in [3.05, 3.63) is 63.6 Å². The van der Waals surface area contributed by atoms with Gasteiger partial charge in [0, 0.05) is 12.6 Å². The molecule has 8 heteroatoms. The third-order valence-corrected chi connectivity index (χ3v) is 6.77. The number of benzene rings is 2. The molecule has 0 spiro atoms. The van der Waals surface area contributed by atoms with Gasteiger partial charge in [0.1, 0.15) is 4.90 Å². The molecule has 2 aromatic rings. The second-order valence-electron chi connectivity index (χ2n) is 6.86. The predicted molar refractivity (Wildman–Crippen MR) is 112 cm³/mol. The largest absolute Gasteiger partial charge is 0.352 e. The Balaban J connectivity index is 1.59. The van der Waals surface area contributed by atoms with Gasteiger partial charge < -0.3 is 5.32 Å². The smallest absolute Gasteiger partial charge is 0.252 e. The van der Waals surface area contributed by atoms with Crippen molar-refractivity contribution in [1.29, 1.82) is 0 Å². The fourth-order valence-electron chi connectivity index (χ4n) is 2.79. The molecule has 150 valence electrons. The number of carbonyl (C=O) groups is 1. The number of aryl methyl sites for hydroxylation is 1. The second kappa shape index (κ2) is 9.27. The number of sulfonamides is 1. The molecule has 0 bridgehead atoms. The van der Waals surface area contributed by atoms with E-state index in [0.717, 1.165) is 32.1 Å². The van der Waals surface area contributed by atoms with E-state index in [1.807, 2.05) is 18.2 Å². The molecule has 3 rings (SSSR count). The fourth-order valence-corrected chi connectivity index (χ4v) is 4.95. The maximum Gasteiger partial charge on any atom is 0.252 e. The number of unbranched alkanes of at least 4 members (excludes halogenated alkanes) is 1. The summed E-state index contributed by atoms with van der Waals surface area (Å²) in [6.45, 7) is 0.479. The van der Waals surface area contributed by atoms with Gasteiger partial charge in [-0.1, -0.05) is 53.5 Å². The number of halogens is 2. The van der Waals surface area contributed by atoms with Crippen molar-refractivity contribution < 1.29 is 13.2 Å². The molecular formula is C20H22Cl2N2O3S. The zero-order chi connectivity index (χ0) is 20.1. The molecule has 0 heterocycles. The summed E-state index contributed by atoms with van der Waals surface area (Å²) >= 11 is 12.2. The van der Waals surface area contributed by atoms with Crippen molar-refractivity contribution in [1.82, 2.24) is 10.0 Å². The van der Waals surface area contributed by atoms with Gasteiger partial charge in [-0.05, 0) is 49.8 Å². The molecule has 2 aromatic carbocycles. The molecule has 0 unspecified atom stereocenters. The molecule has 0 radical (unpaired) electrons. The topological polar surface area (TPSA) is 75.3 Å². The summed E-state index contributed by atoms with van der Waals surface area (Å²) in [7, 11) is -3.78. The Morgan fingerprint density at radius 3 is 2.43 bits per heavy atom. The van der Waals surface area contributed by atoms with E-state index in [4.69, 9.17) is 23.2 Å². The molecule has 1 aliphatic rings. The molecule has 5 nitrogen and oxygen atoms in total. The van der Waals surface area contributed by atoms with Crippen LogP contribution in [0.5, 0.6) is 0 Å². The Bertz CT molecular complexity index is 945. The Labute approximate surface area is 175 Å². The Kier molecular flexibility index (Phi) is 6.99. The van der Waals surface area contributed by atoms with Crippen LogP contribution in [0.3, 0.4) is 0 Å². The quantitative estimate of drug-likeness (QED) is 0.573. The zero-order valence-corrected chi connectivity index (χ0v) is 17.6. The molecule has 28 heavy (non-hydrogen) atoms. The standard InChI is InChI=1S/C20H22Cl2N2O3S/c21-17-13-18(22)19(28(26,27)24-15-9-10-15)12-16(17)20(25)23-11-5-4-8-14-6-2-1-3-7-14/h1-3,6-7,12-13,15,24H,4-5,8-11H2,(H,23,25). The number of carbonyl (C=O) groups excluding carboxylic acids is 1. The summed E-state index contributed by atoms with van der Waals surface area (Å²) in [5.41, 5.74) is 1.36. The van der Waals surface area contributed by atoms with Crippen LogP contribution in [0.2, 0.25) is 10.0 Å². The number of hydrogen-bond donors (Lipinski definition) is 2. The molecule has 2 N–H and O–H groups in total. The molecule has 1 aliphatic carbocycles. The average Bonchev–Trinajstić information content (AvgIpc) is 3.45. The highest BCUT2D eigenvalue weighted by atomic mass is 35.5. The first-order valence-electron chi connectivity index (χ1n) is 9.20. The van der Waals surface area contributed by atoms with Crippen LogP contribution in [0.25, 0.3) is 0 Å². The van der Waals surface area contributed by atoms with Crippen molar-refractivity contribution in [3.8, 4) is 0 Å². The Morgan fingerprint density at radius 1 is 1.04 bits per heavy atom. The maximum absolute atomic E-state index is 12.5. The lowest BCUT2D eigenvalue weighted by Gasteiger charge is -2.12. The third-order valence-electron chi connectivity index (χ3n) is 4.48. The lowest BCUT2D eigenvalue weighted by molar-refractivity contribution is 0.0953. The first-order chi connectivity index (χ1) is 13.4. The van der Waals surface area contributed by atoms with Gasteiger partial charge in [0.2, 0.25) is 10.0 Å². The average molecular weight is 441 g/mol. The van der Waals surface area contributed by atoms with Crippen LogP contribution in [-0.4, -0.2) is 26.9 Å². The molecule has 1 amide bonds. The summed E-state index contributed by atoms with van der Waals surface area (Å²) in [6.07, 6.45) is 4.29. The van der Waals surface area contributed by atoms with Gasteiger partial charge in [0.25, 0.3) is 5.91 Å². The van der Waals surface area contributed by atoms with E-state index in [0.29, 0.717) is 6.54 Å². The monoisotopic (exact) mass is 440 g/mol. The van der Waals surface area contributed by atoms with E-state index >= 15 is 0 Å². The van der Waals surface area contributed by atoms with Crippen molar-refractivity contribution in [3.63, 3.8) is 0 Å². The second-order valence-corrected chi connectivity index (χ2v) is 9.35. The summed E-state index contributed by atoms with van der Waals surface area (Å²) < 4.78 is 27.5. The first-order valence-corrected chi connectivity index (χ1v) is 11.4. The van der Waals surface area contributed by atoms with E-state index in [-0.39, 0.29) is 26.5 Å². The van der Waals surface area contributed by atoms with Crippen molar-refractivity contribution >= 4 is 39.1 Å². The van der Waals surface area contributed by atoms with Gasteiger partial charge in [-0.2, -0.15) is 0 Å². The van der Waals surface area contributed by atoms with Gasteiger partial charge in [0.15, 0.2) is 0 Å². The Morgan fingerprint density at radius 2 is 1.75 bits per heavy atom. The van der Waals surface area contributed by atoms with Gasteiger partial charge in [0.05, 0.1) is 15.6 Å². The van der Waals surface area contributed by atoms with Crippen LogP contribution in [0.4, 0.5) is 0 Å². The SMILES string of the molecule is O=C(NCCCCc1ccccc1)c1cc(S(=O)(=O)NC2CC2)c(Cl)cc1Cl. The molecular weight excluding hydrogens is 419 g/mol. The normalized spacial score (nSPS) is 14.1. The van der Waals surface area contributed by atoms with Gasteiger partial charge in [-0.25, -0.2) is 13.1 Å². The highest BCUT2D eigenvalue weighted by molar-refractivity contribution is 7.89. The molecule has 0 saturated heterocycles. The number of nitrogens with one attached hydrogen (secondary N) is 2. The van der Waals surface area contributed by atoms with Crippen molar-refractivity contribution in [2.75, 3.05) is 6.54 Å². The number of hydrogen-bond acceptors (Lipinski definition) is 3. The fraction of sp³-hybridized carbons (Fsp3) is 0.350. The summed E-state index contributed by atoms with van der Waals surface area (Å²) in [4.78, 5) is 12.3.